The molecule has 3 nitrogen and oxygen atoms in total. The van der Waals surface area contributed by atoms with Crippen LogP contribution in [0.2, 0.25) is 0 Å². The molecule has 3 unspecified atom stereocenters. The van der Waals surface area contributed by atoms with Gasteiger partial charge in [-0.15, -0.1) is 0 Å². The summed E-state index contributed by atoms with van der Waals surface area (Å²) in [5.74, 6) is 0.446. The third kappa shape index (κ3) is 3.13. The third-order valence-electron chi connectivity index (χ3n) is 4.97. The molecule has 0 aromatic heterocycles. The standard InChI is InChI=1S/C18H25NO2/c1-13(20)11-17-7-4-10-19(17)18(21)16-9-8-14-5-2-3-6-15(14)12-16/h2-3,5-6,13,16-17,20H,4,7-12H2,1H3. The highest BCUT2D eigenvalue weighted by Gasteiger charge is 2.34. The van der Waals surface area contributed by atoms with Gasteiger partial charge in [-0.25, -0.2) is 0 Å². The van der Waals surface area contributed by atoms with Gasteiger partial charge in [0.2, 0.25) is 5.91 Å². The van der Waals surface area contributed by atoms with Crippen LogP contribution in [0.15, 0.2) is 24.3 Å². The molecule has 0 spiro atoms. The Morgan fingerprint density at radius 2 is 2.10 bits per heavy atom. The minimum Gasteiger partial charge on any atom is -0.393 e. The Bertz CT molecular complexity index is 512. The number of carbonyl (C=O) groups is 1. The van der Waals surface area contributed by atoms with Crippen molar-refractivity contribution in [2.75, 3.05) is 6.54 Å². The number of aliphatic hydroxyl groups is 1. The van der Waals surface area contributed by atoms with E-state index in [0.717, 1.165) is 45.1 Å². The van der Waals surface area contributed by atoms with Crippen LogP contribution in [0.3, 0.4) is 0 Å². The second kappa shape index (κ2) is 6.18. The van der Waals surface area contributed by atoms with Gasteiger partial charge in [0, 0.05) is 18.5 Å². The number of benzene rings is 1. The molecule has 3 heteroatoms. The molecule has 0 saturated carbocycles. The van der Waals surface area contributed by atoms with Crippen LogP contribution in [0, 0.1) is 5.92 Å². The summed E-state index contributed by atoms with van der Waals surface area (Å²) in [6, 6.07) is 8.74. The highest BCUT2D eigenvalue weighted by Crippen LogP contribution is 2.30. The quantitative estimate of drug-likeness (QED) is 0.928. The van der Waals surface area contributed by atoms with Gasteiger partial charge in [0.1, 0.15) is 0 Å². The van der Waals surface area contributed by atoms with E-state index in [1.54, 1.807) is 0 Å². The predicted octanol–water partition coefficient (Wildman–Crippen LogP) is 2.55. The van der Waals surface area contributed by atoms with E-state index in [9.17, 15) is 9.90 Å². The van der Waals surface area contributed by atoms with Crippen molar-refractivity contribution < 1.29 is 9.90 Å². The zero-order chi connectivity index (χ0) is 14.8. The Morgan fingerprint density at radius 3 is 2.86 bits per heavy atom. The maximum atomic E-state index is 12.8. The lowest BCUT2D eigenvalue weighted by molar-refractivity contribution is -0.137. The van der Waals surface area contributed by atoms with E-state index in [2.05, 4.69) is 24.3 Å². The molecular weight excluding hydrogens is 262 g/mol. The Labute approximate surface area is 127 Å². The fourth-order valence-corrected chi connectivity index (χ4v) is 3.91. The van der Waals surface area contributed by atoms with Crippen LogP contribution in [0.4, 0.5) is 0 Å². The number of fused-ring (bicyclic) bond motifs is 1. The number of rotatable bonds is 3. The van der Waals surface area contributed by atoms with Crippen LogP contribution >= 0.6 is 0 Å². The molecule has 1 aromatic carbocycles. The molecular formula is C18H25NO2. The Morgan fingerprint density at radius 1 is 1.33 bits per heavy atom. The molecule has 0 bridgehead atoms. The summed E-state index contributed by atoms with van der Waals surface area (Å²) in [7, 11) is 0. The van der Waals surface area contributed by atoms with Gasteiger partial charge in [-0.1, -0.05) is 24.3 Å². The lowest BCUT2D eigenvalue weighted by Crippen LogP contribution is -2.42. The van der Waals surface area contributed by atoms with Gasteiger partial charge in [0.05, 0.1) is 6.10 Å². The maximum Gasteiger partial charge on any atom is 0.226 e. The summed E-state index contributed by atoms with van der Waals surface area (Å²) in [6.45, 7) is 2.69. The Hall–Kier alpha value is -1.35. The van der Waals surface area contributed by atoms with E-state index in [-0.39, 0.29) is 18.1 Å². The van der Waals surface area contributed by atoms with Crippen molar-refractivity contribution in [3.63, 3.8) is 0 Å². The topological polar surface area (TPSA) is 40.5 Å². The SMILES string of the molecule is CC(O)CC1CCCN1C(=O)C1CCc2ccccc2C1. The minimum absolute atomic E-state index is 0.134. The number of hydrogen-bond donors (Lipinski definition) is 1. The number of nitrogens with zero attached hydrogens (tertiary/aromatic N) is 1. The van der Waals surface area contributed by atoms with Gasteiger partial charge in [0.25, 0.3) is 0 Å². The number of amides is 1. The third-order valence-corrected chi connectivity index (χ3v) is 4.97. The molecule has 1 fully saturated rings. The lowest BCUT2D eigenvalue weighted by Gasteiger charge is -2.32. The summed E-state index contributed by atoms with van der Waals surface area (Å²) in [5.41, 5.74) is 2.75. The van der Waals surface area contributed by atoms with Gasteiger partial charge in [-0.3, -0.25) is 4.79 Å². The molecule has 1 amide bonds. The predicted molar refractivity (Wildman–Crippen MR) is 83.0 cm³/mol. The van der Waals surface area contributed by atoms with Gasteiger partial charge in [0.15, 0.2) is 0 Å². The molecule has 2 aliphatic rings. The first-order valence-corrected chi connectivity index (χ1v) is 8.20. The first-order chi connectivity index (χ1) is 10.1. The molecule has 1 saturated heterocycles. The van der Waals surface area contributed by atoms with Gasteiger partial charge < -0.3 is 10.0 Å². The molecule has 21 heavy (non-hydrogen) atoms. The average Bonchev–Trinajstić information content (AvgIpc) is 2.93. The molecule has 3 atom stereocenters. The van der Waals surface area contributed by atoms with Crippen LogP contribution in [0.5, 0.6) is 0 Å². The molecule has 0 radical (unpaired) electrons. The summed E-state index contributed by atoms with van der Waals surface area (Å²) in [4.78, 5) is 14.9. The molecule has 3 rings (SSSR count). The number of aryl methyl sites for hydroxylation is 1. The first-order valence-electron chi connectivity index (χ1n) is 8.20. The second-order valence-electron chi connectivity index (χ2n) is 6.62. The first kappa shape index (κ1) is 14.6. The van der Waals surface area contributed by atoms with Crippen molar-refractivity contribution in [2.24, 2.45) is 5.92 Å². The van der Waals surface area contributed by atoms with Gasteiger partial charge in [-0.05, 0) is 56.6 Å². The Balaban J connectivity index is 1.68. The van der Waals surface area contributed by atoms with Crippen molar-refractivity contribution in [2.45, 2.75) is 57.6 Å². The zero-order valence-corrected chi connectivity index (χ0v) is 12.8. The molecule has 114 valence electrons. The van der Waals surface area contributed by atoms with Crippen molar-refractivity contribution >= 4 is 5.91 Å². The van der Waals surface area contributed by atoms with Gasteiger partial charge >= 0.3 is 0 Å². The fraction of sp³-hybridized carbons (Fsp3) is 0.611. The van der Waals surface area contributed by atoms with E-state index in [1.165, 1.54) is 11.1 Å². The fourth-order valence-electron chi connectivity index (χ4n) is 3.91. The largest absolute Gasteiger partial charge is 0.393 e. The van der Waals surface area contributed by atoms with Crippen LogP contribution in [-0.4, -0.2) is 34.6 Å². The zero-order valence-electron chi connectivity index (χ0n) is 12.8. The minimum atomic E-state index is -0.324. The van der Waals surface area contributed by atoms with Crippen LogP contribution < -0.4 is 0 Å². The number of carbonyl (C=O) groups excluding carboxylic acids is 1. The normalized spacial score (nSPS) is 26.5. The van der Waals surface area contributed by atoms with Gasteiger partial charge in [-0.2, -0.15) is 0 Å². The Kier molecular flexibility index (Phi) is 4.29. The van der Waals surface area contributed by atoms with E-state index in [1.807, 2.05) is 11.8 Å². The maximum absolute atomic E-state index is 12.8. The summed E-state index contributed by atoms with van der Waals surface area (Å²) in [5, 5.41) is 9.61. The van der Waals surface area contributed by atoms with Crippen molar-refractivity contribution in [3.8, 4) is 0 Å². The number of aliphatic hydroxyl groups excluding tert-OH is 1. The molecule has 1 aliphatic heterocycles. The highest BCUT2D eigenvalue weighted by atomic mass is 16.3. The average molecular weight is 287 g/mol. The summed E-state index contributed by atoms with van der Waals surface area (Å²) in [6.07, 6.45) is 5.37. The van der Waals surface area contributed by atoms with Crippen molar-refractivity contribution in [3.05, 3.63) is 35.4 Å². The van der Waals surface area contributed by atoms with Crippen molar-refractivity contribution in [1.29, 1.82) is 0 Å². The monoisotopic (exact) mass is 287 g/mol. The summed E-state index contributed by atoms with van der Waals surface area (Å²) >= 11 is 0. The van der Waals surface area contributed by atoms with E-state index in [4.69, 9.17) is 0 Å². The second-order valence-corrected chi connectivity index (χ2v) is 6.62. The van der Waals surface area contributed by atoms with E-state index in [0.29, 0.717) is 5.91 Å². The molecule has 1 N–H and O–H groups in total. The lowest BCUT2D eigenvalue weighted by atomic mass is 9.83. The van der Waals surface area contributed by atoms with E-state index < -0.39 is 0 Å². The van der Waals surface area contributed by atoms with Crippen LogP contribution in [0.25, 0.3) is 0 Å². The summed E-state index contributed by atoms with van der Waals surface area (Å²) < 4.78 is 0. The highest BCUT2D eigenvalue weighted by molar-refractivity contribution is 5.80. The smallest absolute Gasteiger partial charge is 0.226 e. The number of likely N-dealkylation sites (tertiary alicyclic amines) is 1. The van der Waals surface area contributed by atoms with Crippen LogP contribution in [0.1, 0.15) is 43.7 Å². The number of hydrogen-bond acceptors (Lipinski definition) is 2. The van der Waals surface area contributed by atoms with E-state index >= 15 is 0 Å². The van der Waals surface area contributed by atoms with Crippen molar-refractivity contribution in [1.82, 2.24) is 4.90 Å². The van der Waals surface area contributed by atoms with Crippen LogP contribution in [-0.2, 0) is 17.6 Å². The molecule has 1 aromatic rings. The molecule has 1 aliphatic carbocycles. The molecule has 1 heterocycles.